The summed E-state index contributed by atoms with van der Waals surface area (Å²) in [6.45, 7) is -0.564. The molecule has 0 saturated heterocycles. The van der Waals surface area contributed by atoms with Gasteiger partial charge < -0.3 is 14.9 Å². The summed E-state index contributed by atoms with van der Waals surface area (Å²) in [4.78, 5) is 24.1. The lowest BCUT2D eigenvalue weighted by atomic mass is 9.98. The van der Waals surface area contributed by atoms with E-state index in [9.17, 15) is 9.59 Å². The predicted octanol–water partition coefficient (Wildman–Crippen LogP) is 2.31. The Bertz CT molecular complexity index is 758. The Labute approximate surface area is 145 Å². The minimum absolute atomic E-state index is 0.0952. The summed E-state index contributed by atoms with van der Waals surface area (Å²) in [6.07, 6.45) is -0.775. The van der Waals surface area contributed by atoms with Gasteiger partial charge in [-0.3, -0.25) is 4.90 Å². The van der Waals surface area contributed by atoms with E-state index in [0.29, 0.717) is 0 Å². The van der Waals surface area contributed by atoms with Gasteiger partial charge in [-0.1, -0.05) is 48.5 Å². The standard InChI is InChI=1S/C19H19NO5/c1-20(17(10-21)18(22)23)19(24)25-11-16-14-8-4-2-6-12(14)13-7-3-5-9-15(13)16/h2-9,16-17,21H,10-11H2,1H3,(H,22,23)/t17-/m0/s1. The molecule has 0 aromatic heterocycles. The molecule has 0 bridgehead atoms. The SMILES string of the molecule is CN(C(=O)OCC1c2ccccc2-c2ccccc21)[C@@H](CO)C(=O)O. The van der Waals surface area contributed by atoms with Crippen molar-refractivity contribution in [3.05, 3.63) is 59.7 Å². The van der Waals surface area contributed by atoms with E-state index in [1.807, 2.05) is 48.5 Å². The van der Waals surface area contributed by atoms with Crippen LogP contribution in [0.5, 0.6) is 0 Å². The summed E-state index contributed by atoms with van der Waals surface area (Å²) in [5.74, 6) is -1.37. The van der Waals surface area contributed by atoms with Gasteiger partial charge in [-0.05, 0) is 22.3 Å². The Hall–Kier alpha value is -2.86. The Morgan fingerprint density at radius 1 is 1.08 bits per heavy atom. The van der Waals surface area contributed by atoms with Crippen LogP contribution in [0.3, 0.4) is 0 Å². The molecule has 0 heterocycles. The molecule has 0 radical (unpaired) electrons. The van der Waals surface area contributed by atoms with Crippen molar-refractivity contribution in [3.8, 4) is 11.1 Å². The second kappa shape index (κ2) is 6.94. The Balaban J connectivity index is 1.78. The lowest BCUT2D eigenvalue weighted by Crippen LogP contribution is -2.45. The van der Waals surface area contributed by atoms with E-state index in [2.05, 4.69) is 0 Å². The van der Waals surface area contributed by atoms with Crippen LogP contribution in [0.1, 0.15) is 17.0 Å². The Morgan fingerprint density at radius 3 is 2.08 bits per heavy atom. The topological polar surface area (TPSA) is 87.1 Å². The maximum Gasteiger partial charge on any atom is 0.410 e. The van der Waals surface area contributed by atoms with Crippen molar-refractivity contribution in [1.82, 2.24) is 4.90 Å². The molecule has 0 fully saturated rings. The Morgan fingerprint density at radius 2 is 1.60 bits per heavy atom. The molecule has 0 spiro atoms. The highest BCUT2D eigenvalue weighted by Crippen LogP contribution is 2.44. The second-order valence-corrected chi connectivity index (χ2v) is 5.95. The minimum Gasteiger partial charge on any atom is -0.480 e. The number of hydrogen-bond donors (Lipinski definition) is 2. The molecule has 6 nitrogen and oxygen atoms in total. The molecule has 2 aromatic rings. The number of carbonyl (C=O) groups excluding carboxylic acids is 1. The number of aliphatic hydroxyl groups is 1. The van der Waals surface area contributed by atoms with Crippen LogP contribution in [0, 0.1) is 0 Å². The number of likely N-dealkylation sites (N-methyl/N-ethyl adjacent to an activating group) is 1. The van der Waals surface area contributed by atoms with Crippen LogP contribution in [-0.2, 0) is 9.53 Å². The first-order valence-corrected chi connectivity index (χ1v) is 7.96. The molecule has 1 aliphatic rings. The van der Waals surface area contributed by atoms with Crippen molar-refractivity contribution < 1.29 is 24.5 Å². The number of amides is 1. The number of carboxylic acids is 1. The van der Waals surface area contributed by atoms with Gasteiger partial charge in [0, 0.05) is 13.0 Å². The van der Waals surface area contributed by atoms with Crippen LogP contribution in [0.4, 0.5) is 4.79 Å². The van der Waals surface area contributed by atoms with Gasteiger partial charge in [0.05, 0.1) is 6.61 Å². The number of benzene rings is 2. The molecule has 3 rings (SSSR count). The number of carboxylic acid groups (broad SMARTS) is 1. The van der Waals surface area contributed by atoms with Crippen LogP contribution in [0.25, 0.3) is 11.1 Å². The van der Waals surface area contributed by atoms with Gasteiger partial charge in [-0.25, -0.2) is 9.59 Å². The lowest BCUT2D eigenvalue weighted by molar-refractivity contribution is -0.143. The number of carbonyl (C=O) groups is 2. The van der Waals surface area contributed by atoms with Gasteiger partial charge in [0.25, 0.3) is 0 Å². The van der Waals surface area contributed by atoms with Crippen molar-refractivity contribution in [3.63, 3.8) is 0 Å². The van der Waals surface area contributed by atoms with E-state index < -0.39 is 24.7 Å². The average Bonchev–Trinajstić information content (AvgIpc) is 2.94. The molecule has 0 unspecified atom stereocenters. The fraction of sp³-hybridized carbons (Fsp3) is 0.263. The van der Waals surface area contributed by atoms with E-state index in [0.717, 1.165) is 27.2 Å². The summed E-state index contributed by atoms with van der Waals surface area (Å²) in [6, 6.07) is 14.6. The summed E-state index contributed by atoms with van der Waals surface area (Å²) >= 11 is 0. The third-order valence-electron chi connectivity index (χ3n) is 4.55. The molecule has 2 N–H and O–H groups in total. The third kappa shape index (κ3) is 3.08. The van der Waals surface area contributed by atoms with E-state index >= 15 is 0 Å². The summed E-state index contributed by atoms with van der Waals surface area (Å²) < 4.78 is 5.35. The van der Waals surface area contributed by atoms with E-state index in [1.165, 1.54) is 7.05 Å². The molecule has 1 amide bonds. The highest BCUT2D eigenvalue weighted by Gasteiger charge is 2.31. The zero-order chi connectivity index (χ0) is 18.0. The number of fused-ring (bicyclic) bond motifs is 3. The molecule has 130 valence electrons. The van der Waals surface area contributed by atoms with Crippen molar-refractivity contribution in [2.75, 3.05) is 20.3 Å². The fourth-order valence-electron chi connectivity index (χ4n) is 3.19. The van der Waals surface area contributed by atoms with E-state index in [4.69, 9.17) is 14.9 Å². The largest absolute Gasteiger partial charge is 0.480 e. The van der Waals surface area contributed by atoms with Gasteiger partial charge in [0.2, 0.25) is 0 Å². The fourth-order valence-corrected chi connectivity index (χ4v) is 3.19. The lowest BCUT2D eigenvalue weighted by Gasteiger charge is -2.23. The number of hydrogen-bond acceptors (Lipinski definition) is 4. The summed E-state index contributed by atoms with van der Waals surface area (Å²) in [5, 5.41) is 18.1. The van der Waals surface area contributed by atoms with Crippen molar-refractivity contribution in [1.29, 1.82) is 0 Å². The van der Waals surface area contributed by atoms with Crippen LogP contribution in [-0.4, -0.2) is 53.5 Å². The first kappa shape index (κ1) is 17.0. The molecule has 6 heteroatoms. The number of aliphatic hydroxyl groups excluding tert-OH is 1. The quantitative estimate of drug-likeness (QED) is 0.871. The predicted molar refractivity (Wildman–Crippen MR) is 91.3 cm³/mol. The molecular formula is C19H19NO5. The van der Waals surface area contributed by atoms with Crippen molar-refractivity contribution >= 4 is 12.1 Å². The van der Waals surface area contributed by atoms with Gasteiger partial charge in [0.15, 0.2) is 6.04 Å². The molecule has 1 aliphatic carbocycles. The van der Waals surface area contributed by atoms with Crippen LogP contribution in [0.2, 0.25) is 0 Å². The molecule has 2 aromatic carbocycles. The number of rotatable bonds is 5. The second-order valence-electron chi connectivity index (χ2n) is 5.95. The average molecular weight is 341 g/mol. The normalized spacial score (nSPS) is 13.7. The summed E-state index contributed by atoms with van der Waals surface area (Å²) in [7, 11) is 1.30. The zero-order valence-electron chi connectivity index (χ0n) is 13.8. The number of nitrogens with zero attached hydrogens (tertiary/aromatic N) is 1. The van der Waals surface area contributed by atoms with Crippen LogP contribution < -0.4 is 0 Å². The molecule has 25 heavy (non-hydrogen) atoms. The zero-order valence-corrected chi connectivity index (χ0v) is 13.8. The number of aliphatic carboxylic acids is 1. The highest BCUT2D eigenvalue weighted by molar-refractivity contribution is 5.81. The summed E-state index contributed by atoms with van der Waals surface area (Å²) in [5.41, 5.74) is 4.39. The Kier molecular flexibility index (Phi) is 4.72. The van der Waals surface area contributed by atoms with E-state index in [-0.39, 0.29) is 12.5 Å². The molecule has 0 aliphatic heterocycles. The number of ether oxygens (including phenoxy) is 1. The van der Waals surface area contributed by atoms with Crippen LogP contribution in [0.15, 0.2) is 48.5 Å². The monoisotopic (exact) mass is 341 g/mol. The van der Waals surface area contributed by atoms with Gasteiger partial charge in [0.1, 0.15) is 6.61 Å². The van der Waals surface area contributed by atoms with Gasteiger partial charge in [-0.15, -0.1) is 0 Å². The third-order valence-corrected chi connectivity index (χ3v) is 4.55. The maximum absolute atomic E-state index is 12.2. The molecule has 1 atom stereocenters. The molecular weight excluding hydrogens is 322 g/mol. The van der Waals surface area contributed by atoms with Gasteiger partial charge >= 0.3 is 12.1 Å². The smallest absolute Gasteiger partial charge is 0.410 e. The van der Waals surface area contributed by atoms with Crippen molar-refractivity contribution in [2.24, 2.45) is 0 Å². The van der Waals surface area contributed by atoms with E-state index in [1.54, 1.807) is 0 Å². The maximum atomic E-state index is 12.2. The molecule has 0 saturated carbocycles. The first-order chi connectivity index (χ1) is 12.0. The van der Waals surface area contributed by atoms with Gasteiger partial charge in [-0.2, -0.15) is 0 Å². The van der Waals surface area contributed by atoms with Crippen molar-refractivity contribution in [2.45, 2.75) is 12.0 Å². The highest BCUT2D eigenvalue weighted by atomic mass is 16.6. The van der Waals surface area contributed by atoms with Crippen LogP contribution >= 0.6 is 0 Å². The first-order valence-electron chi connectivity index (χ1n) is 7.96. The minimum atomic E-state index is -1.32.